The first-order valence-corrected chi connectivity index (χ1v) is 29.7. The summed E-state index contributed by atoms with van der Waals surface area (Å²) in [6.07, 6.45) is -4.04. The van der Waals surface area contributed by atoms with E-state index < -0.39 is 44.1 Å². The average molecular weight is 1210 g/mol. The second-order valence-electron chi connectivity index (χ2n) is 18.5. The van der Waals surface area contributed by atoms with Crippen LogP contribution < -0.4 is 20.1 Å². The molecule has 2 heterocycles. The molecule has 0 spiro atoms. The minimum Gasteiger partial charge on any atom is -0.380 e. The minimum atomic E-state index is -3.77. The van der Waals surface area contributed by atoms with Crippen LogP contribution in [0.4, 0.5) is 0 Å². The normalized spacial score (nSPS) is 16.8. The van der Waals surface area contributed by atoms with Crippen molar-refractivity contribution in [2.24, 2.45) is 0 Å². The quantitative estimate of drug-likeness (QED) is 0.0372. The summed E-state index contributed by atoms with van der Waals surface area (Å²) in [5, 5.41) is 27.4. The number of fused-ring (bicyclic) bond motifs is 2. The highest BCUT2D eigenvalue weighted by Crippen LogP contribution is 2.40. The van der Waals surface area contributed by atoms with E-state index in [-0.39, 0.29) is 127 Å². The molecule has 0 aliphatic carbocycles. The number of sulfonamides is 2. The van der Waals surface area contributed by atoms with Crippen LogP contribution in [0.1, 0.15) is 45.2 Å². The lowest BCUT2D eigenvalue weighted by Gasteiger charge is -2.33. The molecule has 0 saturated heterocycles. The van der Waals surface area contributed by atoms with Gasteiger partial charge in [0.1, 0.15) is 0 Å². The zero-order chi connectivity index (χ0) is 56.2. The van der Waals surface area contributed by atoms with Crippen LogP contribution in [0.25, 0.3) is 0 Å². The number of ether oxygens (including phenoxy) is 6. The van der Waals surface area contributed by atoms with E-state index in [0.717, 1.165) is 46.5 Å². The van der Waals surface area contributed by atoms with Crippen LogP contribution in [-0.4, -0.2) is 194 Å². The highest BCUT2D eigenvalue weighted by molar-refractivity contribution is 7.89. The standard InChI is InChI=1S/C52H68Cl4N6O14S2/c1-61-31-43(41-27-37(53)29-47(55)45(41)33-61)35-3-7-39(8-4-35)77(67,68)59-13-17-73-21-25-75-23-19-71-15-11-57-51(65)49(63)50(64)52(66)58-12-16-72-20-24-76-26-22-74-18-14-60-78(69,70)40-9-5-36(6-10-40)44-32-62(2)34-46-42(44)28-38(54)30-48(46)56/h3-10,27-30,43-44,49-50,59-60,63-64H,11-26,31-34H2,1-2H3,(H,57,65)(H,58,66)/t43-,44-,49+,50+/m0/s1. The zero-order valence-electron chi connectivity index (χ0n) is 43.4. The molecule has 2 amide bonds. The van der Waals surface area contributed by atoms with Crippen LogP contribution in [0.15, 0.2) is 82.6 Å². The van der Waals surface area contributed by atoms with Crippen molar-refractivity contribution in [2.45, 2.75) is 46.9 Å². The Hall–Kier alpha value is -3.60. The molecule has 78 heavy (non-hydrogen) atoms. The molecule has 4 aromatic rings. The van der Waals surface area contributed by atoms with Crippen molar-refractivity contribution >= 4 is 78.3 Å². The fourth-order valence-corrected chi connectivity index (χ4v) is 11.9. The van der Waals surface area contributed by atoms with Gasteiger partial charge < -0.3 is 59.1 Å². The Bertz CT molecular complexity index is 2620. The molecule has 2 aliphatic heterocycles. The van der Waals surface area contributed by atoms with Crippen LogP contribution in [0, 0.1) is 0 Å². The highest BCUT2D eigenvalue weighted by atomic mass is 35.5. The molecule has 0 bridgehead atoms. The Morgan fingerprint density at radius 1 is 0.513 bits per heavy atom. The predicted octanol–water partition coefficient (Wildman–Crippen LogP) is 3.77. The van der Waals surface area contributed by atoms with Crippen molar-refractivity contribution in [3.05, 3.63) is 126 Å². The summed E-state index contributed by atoms with van der Waals surface area (Å²) in [4.78, 5) is 29.1. The Labute approximate surface area is 476 Å². The smallest absolute Gasteiger partial charge is 0.252 e. The predicted molar refractivity (Wildman–Crippen MR) is 295 cm³/mol. The number of carbonyl (C=O) groups is 2. The molecule has 0 fully saturated rings. The van der Waals surface area contributed by atoms with Crippen LogP contribution in [-0.2, 0) is 71.1 Å². The summed E-state index contributed by atoms with van der Waals surface area (Å²) < 4.78 is 89.4. The van der Waals surface area contributed by atoms with E-state index in [1.54, 1.807) is 36.4 Å². The second kappa shape index (κ2) is 31.6. The van der Waals surface area contributed by atoms with Crippen molar-refractivity contribution < 1.29 is 65.1 Å². The number of amides is 2. The lowest BCUT2D eigenvalue weighted by atomic mass is 9.85. The third kappa shape index (κ3) is 19.3. The molecule has 4 aromatic carbocycles. The van der Waals surface area contributed by atoms with Gasteiger partial charge in [0, 0.05) is 84.3 Å². The molecule has 430 valence electrons. The first kappa shape index (κ1) is 63.6. The summed E-state index contributed by atoms with van der Waals surface area (Å²) in [6, 6.07) is 20.9. The molecule has 26 heteroatoms. The summed E-state index contributed by atoms with van der Waals surface area (Å²) in [7, 11) is -3.52. The van der Waals surface area contributed by atoms with Gasteiger partial charge in [-0.1, -0.05) is 70.7 Å². The SMILES string of the molecule is CN1Cc2c(Cl)cc(Cl)cc2[C@H](c2ccc(S(=O)(=O)NCCOCCOCCOCCNC(=O)[C@H](O)[C@@H](O)C(=O)NCCOCCOCCOCCNS(=O)(=O)c3ccc([C@@H]4CN(C)Cc5c(Cl)cc(Cl)cc54)cc3)cc2)C1. The second-order valence-corrected chi connectivity index (χ2v) is 23.7. The van der Waals surface area contributed by atoms with Crippen LogP contribution in [0.3, 0.4) is 0 Å². The number of likely N-dealkylation sites (N-methyl/N-ethyl adjacent to an activating group) is 2. The number of aliphatic hydroxyl groups excluding tert-OH is 2. The Kier molecular flexibility index (Phi) is 25.7. The van der Waals surface area contributed by atoms with Gasteiger partial charge in [0.15, 0.2) is 12.2 Å². The molecular weight excluding hydrogens is 1140 g/mol. The fraction of sp³-hybridized carbons (Fsp3) is 0.500. The molecule has 4 atom stereocenters. The highest BCUT2D eigenvalue weighted by Gasteiger charge is 2.31. The minimum absolute atomic E-state index is 0.00588. The van der Waals surface area contributed by atoms with Gasteiger partial charge in [0.25, 0.3) is 11.8 Å². The van der Waals surface area contributed by atoms with Crippen LogP contribution in [0.2, 0.25) is 20.1 Å². The topological polar surface area (TPSA) is 253 Å². The van der Waals surface area contributed by atoms with Gasteiger partial charge in [-0.15, -0.1) is 0 Å². The first-order chi connectivity index (χ1) is 37.3. The summed E-state index contributed by atoms with van der Waals surface area (Å²) >= 11 is 25.6. The van der Waals surface area contributed by atoms with Crippen molar-refractivity contribution in [2.75, 3.05) is 133 Å². The zero-order valence-corrected chi connectivity index (χ0v) is 48.1. The average Bonchev–Trinajstić information content (AvgIpc) is 3.47. The van der Waals surface area contributed by atoms with Crippen molar-refractivity contribution in [1.82, 2.24) is 29.9 Å². The van der Waals surface area contributed by atoms with Crippen molar-refractivity contribution in [3.8, 4) is 0 Å². The molecule has 6 rings (SSSR count). The third-order valence-electron chi connectivity index (χ3n) is 12.7. The molecule has 0 saturated carbocycles. The van der Waals surface area contributed by atoms with Gasteiger partial charge in [-0.25, -0.2) is 26.3 Å². The van der Waals surface area contributed by atoms with Crippen molar-refractivity contribution in [1.29, 1.82) is 0 Å². The van der Waals surface area contributed by atoms with E-state index in [1.165, 1.54) is 0 Å². The number of carbonyl (C=O) groups excluding carboxylic acids is 2. The fourth-order valence-electron chi connectivity index (χ4n) is 8.76. The van der Waals surface area contributed by atoms with E-state index in [9.17, 15) is 36.6 Å². The summed E-state index contributed by atoms with van der Waals surface area (Å²) in [5.74, 6) is -1.96. The number of hydrogen-bond acceptors (Lipinski definition) is 16. The number of aliphatic hydroxyl groups is 2. The molecule has 20 nitrogen and oxygen atoms in total. The number of rotatable bonds is 33. The lowest BCUT2D eigenvalue weighted by Crippen LogP contribution is -2.50. The Morgan fingerprint density at radius 2 is 0.821 bits per heavy atom. The first-order valence-electron chi connectivity index (χ1n) is 25.2. The lowest BCUT2D eigenvalue weighted by molar-refractivity contribution is -0.146. The number of nitrogens with one attached hydrogen (secondary N) is 4. The third-order valence-corrected chi connectivity index (χ3v) is 16.7. The maximum absolute atomic E-state index is 12.9. The van der Waals surface area contributed by atoms with E-state index in [2.05, 4.69) is 29.9 Å². The Balaban J connectivity index is 0.705. The largest absolute Gasteiger partial charge is 0.380 e. The molecular formula is C52H68Cl4N6O14S2. The maximum Gasteiger partial charge on any atom is 0.252 e. The Morgan fingerprint density at radius 3 is 1.15 bits per heavy atom. The molecule has 0 radical (unpaired) electrons. The van der Waals surface area contributed by atoms with Gasteiger partial charge >= 0.3 is 0 Å². The van der Waals surface area contributed by atoms with Gasteiger partial charge in [-0.2, -0.15) is 0 Å². The number of halogens is 4. The van der Waals surface area contributed by atoms with Gasteiger partial charge in [-0.05, 0) is 96.0 Å². The van der Waals surface area contributed by atoms with Gasteiger partial charge in [0.05, 0.1) is 89.1 Å². The maximum atomic E-state index is 12.9. The summed E-state index contributed by atoms with van der Waals surface area (Å²) in [6.45, 7) is 5.06. The van der Waals surface area contributed by atoms with Gasteiger partial charge in [-0.3, -0.25) is 9.59 Å². The number of nitrogens with zero attached hydrogens (tertiary/aromatic N) is 2. The van der Waals surface area contributed by atoms with E-state index in [4.69, 9.17) is 74.8 Å². The molecule has 0 unspecified atom stereocenters. The molecule has 2 aliphatic rings. The van der Waals surface area contributed by atoms with E-state index in [1.807, 2.05) is 50.5 Å². The van der Waals surface area contributed by atoms with Crippen LogP contribution in [0.5, 0.6) is 0 Å². The summed E-state index contributed by atoms with van der Waals surface area (Å²) in [5.41, 5.74) is 6.00. The molecule has 0 aromatic heterocycles. The molecule has 6 N–H and O–H groups in total. The van der Waals surface area contributed by atoms with E-state index >= 15 is 0 Å². The monoisotopic (exact) mass is 1200 g/mol. The van der Waals surface area contributed by atoms with Crippen LogP contribution >= 0.6 is 46.4 Å². The van der Waals surface area contributed by atoms with Crippen molar-refractivity contribution in [3.63, 3.8) is 0 Å². The van der Waals surface area contributed by atoms with Gasteiger partial charge in [0.2, 0.25) is 20.0 Å². The number of hydrogen-bond donors (Lipinski definition) is 6. The van der Waals surface area contributed by atoms with E-state index in [0.29, 0.717) is 33.2 Å². The number of benzene rings is 4.